The average molecular weight is 332 g/mol. The largest absolute Gasteiger partial charge is 0.368 e. The Labute approximate surface area is 123 Å². The Kier molecular flexibility index (Phi) is 4.57. The van der Waals surface area contributed by atoms with Crippen LogP contribution in [0, 0.1) is 0 Å². The number of likely N-dealkylation sites (N-methyl/N-ethyl adjacent to an activating group) is 1. The fraction of sp³-hybridized carbons (Fsp3) is 0.571. The van der Waals surface area contributed by atoms with Crippen LogP contribution in [-0.2, 0) is 5.88 Å². The second-order valence-corrected chi connectivity index (χ2v) is 6.36. The van der Waals surface area contributed by atoms with E-state index in [0.29, 0.717) is 18.0 Å². The summed E-state index contributed by atoms with van der Waals surface area (Å²) in [7, 11) is 2.20. The van der Waals surface area contributed by atoms with Gasteiger partial charge in [0.25, 0.3) is 0 Å². The number of benzene rings is 1. The van der Waals surface area contributed by atoms with Gasteiger partial charge in [-0.1, -0.05) is 22.0 Å². The number of anilines is 1. The molecular formula is C14H20BrClN2. The summed E-state index contributed by atoms with van der Waals surface area (Å²) in [6, 6.07) is 7.49. The first kappa shape index (κ1) is 14.2. The SMILES string of the molecule is CC1CN(c2cc(Br)ccc2CCl)CC(C)N1C. The molecule has 0 aliphatic carbocycles. The minimum absolute atomic E-state index is 0.566. The van der Waals surface area contributed by atoms with Gasteiger partial charge in [-0.25, -0.2) is 0 Å². The summed E-state index contributed by atoms with van der Waals surface area (Å²) >= 11 is 9.61. The van der Waals surface area contributed by atoms with E-state index in [0.717, 1.165) is 17.6 Å². The predicted octanol–water partition coefficient (Wildman–Crippen LogP) is 3.72. The van der Waals surface area contributed by atoms with Crippen LogP contribution in [0.1, 0.15) is 19.4 Å². The summed E-state index contributed by atoms with van der Waals surface area (Å²) in [6.45, 7) is 6.67. The molecule has 1 aliphatic rings. The highest BCUT2D eigenvalue weighted by molar-refractivity contribution is 9.10. The molecule has 0 bridgehead atoms. The van der Waals surface area contributed by atoms with Crippen molar-refractivity contribution in [3.05, 3.63) is 28.2 Å². The zero-order chi connectivity index (χ0) is 13.3. The third-order valence-corrected chi connectivity index (χ3v) is 4.67. The van der Waals surface area contributed by atoms with E-state index in [2.05, 4.69) is 64.8 Å². The van der Waals surface area contributed by atoms with Crippen LogP contribution < -0.4 is 4.90 Å². The molecule has 0 amide bonds. The maximum Gasteiger partial charge on any atom is 0.0494 e. The van der Waals surface area contributed by atoms with E-state index in [1.165, 1.54) is 11.3 Å². The number of halogens is 2. The molecule has 2 unspecified atom stereocenters. The maximum absolute atomic E-state index is 6.05. The van der Waals surface area contributed by atoms with Gasteiger partial charge in [0.05, 0.1) is 0 Å². The van der Waals surface area contributed by atoms with Crippen LogP contribution >= 0.6 is 27.5 Å². The van der Waals surface area contributed by atoms with Gasteiger partial charge in [-0.05, 0) is 38.6 Å². The highest BCUT2D eigenvalue weighted by atomic mass is 79.9. The first-order valence-electron chi connectivity index (χ1n) is 6.34. The van der Waals surface area contributed by atoms with Gasteiger partial charge in [0, 0.05) is 41.2 Å². The molecule has 0 radical (unpaired) electrons. The smallest absolute Gasteiger partial charge is 0.0494 e. The molecule has 18 heavy (non-hydrogen) atoms. The zero-order valence-electron chi connectivity index (χ0n) is 11.2. The molecule has 2 atom stereocenters. The molecule has 1 aromatic rings. The van der Waals surface area contributed by atoms with Crippen LogP contribution in [0.2, 0.25) is 0 Å². The monoisotopic (exact) mass is 330 g/mol. The van der Waals surface area contributed by atoms with Crippen molar-refractivity contribution in [2.24, 2.45) is 0 Å². The molecule has 100 valence electrons. The van der Waals surface area contributed by atoms with E-state index in [4.69, 9.17) is 11.6 Å². The van der Waals surface area contributed by atoms with Crippen molar-refractivity contribution in [1.29, 1.82) is 0 Å². The van der Waals surface area contributed by atoms with Crippen molar-refractivity contribution in [2.75, 3.05) is 25.0 Å². The Balaban J connectivity index is 2.28. The van der Waals surface area contributed by atoms with E-state index < -0.39 is 0 Å². The number of nitrogens with zero attached hydrogens (tertiary/aromatic N) is 2. The number of alkyl halides is 1. The first-order chi connectivity index (χ1) is 8.52. The van der Waals surface area contributed by atoms with Crippen molar-refractivity contribution in [2.45, 2.75) is 31.8 Å². The lowest BCUT2D eigenvalue weighted by atomic mass is 10.1. The summed E-state index contributed by atoms with van der Waals surface area (Å²) in [5.74, 6) is 0.567. The number of piperazine rings is 1. The zero-order valence-corrected chi connectivity index (χ0v) is 13.5. The first-order valence-corrected chi connectivity index (χ1v) is 7.67. The molecule has 0 N–H and O–H groups in total. The molecule has 1 heterocycles. The van der Waals surface area contributed by atoms with Crippen molar-refractivity contribution in [3.63, 3.8) is 0 Å². The highest BCUT2D eigenvalue weighted by Crippen LogP contribution is 2.29. The summed E-state index contributed by atoms with van der Waals surface area (Å²) in [5, 5.41) is 0. The highest BCUT2D eigenvalue weighted by Gasteiger charge is 2.27. The Hall–Kier alpha value is -0.250. The van der Waals surface area contributed by atoms with Gasteiger partial charge in [0.15, 0.2) is 0 Å². The van der Waals surface area contributed by atoms with Crippen molar-refractivity contribution >= 4 is 33.2 Å². The fourth-order valence-corrected chi connectivity index (χ4v) is 3.12. The number of rotatable bonds is 2. The van der Waals surface area contributed by atoms with Gasteiger partial charge in [-0.15, -0.1) is 11.6 Å². The Morgan fingerprint density at radius 3 is 2.44 bits per heavy atom. The molecule has 1 saturated heterocycles. The van der Waals surface area contributed by atoms with E-state index in [1.807, 2.05) is 0 Å². The minimum Gasteiger partial charge on any atom is -0.368 e. The van der Waals surface area contributed by atoms with Crippen LogP contribution in [-0.4, -0.2) is 37.1 Å². The third kappa shape index (κ3) is 2.84. The molecule has 1 fully saturated rings. The van der Waals surface area contributed by atoms with Crippen LogP contribution in [0.5, 0.6) is 0 Å². The topological polar surface area (TPSA) is 6.48 Å². The van der Waals surface area contributed by atoms with Gasteiger partial charge in [-0.2, -0.15) is 0 Å². The van der Waals surface area contributed by atoms with Crippen molar-refractivity contribution in [3.8, 4) is 0 Å². The number of hydrogen-bond acceptors (Lipinski definition) is 2. The average Bonchev–Trinajstić information content (AvgIpc) is 2.35. The van der Waals surface area contributed by atoms with Gasteiger partial charge >= 0.3 is 0 Å². The lowest BCUT2D eigenvalue weighted by molar-refractivity contribution is 0.170. The van der Waals surface area contributed by atoms with E-state index >= 15 is 0 Å². The third-order valence-electron chi connectivity index (χ3n) is 3.89. The molecule has 0 spiro atoms. The van der Waals surface area contributed by atoms with Crippen LogP contribution in [0.3, 0.4) is 0 Å². The van der Waals surface area contributed by atoms with Crippen molar-refractivity contribution in [1.82, 2.24) is 4.90 Å². The lowest BCUT2D eigenvalue weighted by Crippen LogP contribution is -2.55. The molecule has 2 nitrogen and oxygen atoms in total. The van der Waals surface area contributed by atoms with Crippen molar-refractivity contribution < 1.29 is 0 Å². The van der Waals surface area contributed by atoms with Crippen LogP contribution in [0.4, 0.5) is 5.69 Å². The normalized spacial score (nSPS) is 25.5. The lowest BCUT2D eigenvalue weighted by Gasteiger charge is -2.44. The van der Waals surface area contributed by atoms with Gasteiger partial charge in [-0.3, -0.25) is 4.90 Å². The number of hydrogen-bond donors (Lipinski definition) is 0. The van der Waals surface area contributed by atoms with Gasteiger partial charge in [0.1, 0.15) is 0 Å². The summed E-state index contributed by atoms with van der Waals surface area (Å²) in [4.78, 5) is 4.90. The minimum atomic E-state index is 0.566. The quantitative estimate of drug-likeness (QED) is 0.762. The second-order valence-electron chi connectivity index (χ2n) is 5.18. The molecular weight excluding hydrogens is 312 g/mol. The fourth-order valence-electron chi connectivity index (χ4n) is 2.55. The maximum atomic E-state index is 6.05. The summed E-state index contributed by atoms with van der Waals surface area (Å²) in [6.07, 6.45) is 0. The molecule has 1 aliphatic heterocycles. The van der Waals surface area contributed by atoms with E-state index in [9.17, 15) is 0 Å². The predicted molar refractivity (Wildman–Crippen MR) is 82.6 cm³/mol. The second kappa shape index (κ2) is 5.81. The molecule has 4 heteroatoms. The Morgan fingerprint density at radius 2 is 1.89 bits per heavy atom. The molecule has 2 rings (SSSR count). The molecule has 0 saturated carbocycles. The van der Waals surface area contributed by atoms with E-state index in [1.54, 1.807) is 0 Å². The van der Waals surface area contributed by atoms with Gasteiger partial charge in [0.2, 0.25) is 0 Å². The Bertz CT molecular complexity index is 412. The molecule has 1 aromatic carbocycles. The Morgan fingerprint density at radius 1 is 1.28 bits per heavy atom. The summed E-state index contributed by atoms with van der Waals surface area (Å²) in [5.41, 5.74) is 2.48. The van der Waals surface area contributed by atoms with Gasteiger partial charge < -0.3 is 4.90 Å². The van der Waals surface area contributed by atoms with Crippen LogP contribution in [0.15, 0.2) is 22.7 Å². The standard InChI is InChI=1S/C14H20BrClN2/c1-10-8-18(9-11(2)17(10)3)14-6-13(15)5-4-12(14)7-16/h4-6,10-11H,7-9H2,1-3H3. The summed E-state index contributed by atoms with van der Waals surface area (Å²) < 4.78 is 1.12. The molecule has 0 aromatic heterocycles. The van der Waals surface area contributed by atoms with E-state index in [-0.39, 0.29) is 0 Å². The van der Waals surface area contributed by atoms with Crippen LogP contribution in [0.25, 0.3) is 0 Å².